The van der Waals surface area contributed by atoms with E-state index in [0.717, 1.165) is 16.7 Å². The predicted molar refractivity (Wildman–Crippen MR) is 84.2 cm³/mol. The maximum Gasteiger partial charge on any atom is 0.217 e. The summed E-state index contributed by atoms with van der Waals surface area (Å²) in [7, 11) is 0. The minimum absolute atomic E-state index is 0.0473. The molecule has 2 aromatic rings. The van der Waals surface area contributed by atoms with Gasteiger partial charge in [0.2, 0.25) is 5.91 Å². The van der Waals surface area contributed by atoms with Crippen molar-refractivity contribution in [2.24, 2.45) is 0 Å². The first-order chi connectivity index (χ1) is 10.1. The molecule has 3 heteroatoms. The molecule has 0 aromatic heterocycles. The van der Waals surface area contributed by atoms with Gasteiger partial charge in [-0.2, -0.15) is 0 Å². The largest absolute Gasteiger partial charge is 0.353 e. The highest BCUT2D eigenvalue weighted by Gasteiger charge is 2.04. The highest BCUT2D eigenvalue weighted by atomic mass is 19.1. The SMILES string of the molecule is CC(=O)NC/C=C(/C)c1ccc(-c2ccccc2F)cc1. The number of benzene rings is 2. The van der Waals surface area contributed by atoms with Crippen molar-refractivity contribution in [1.82, 2.24) is 5.32 Å². The molecule has 0 saturated carbocycles. The maximum absolute atomic E-state index is 13.7. The second kappa shape index (κ2) is 6.84. The fourth-order valence-corrected chi connectivity index (χ4v) is 2.07. The quantitative estimate of drug-likeness (QED) is 0.901. The Kier molecular flexibility index (Phi) is 4.88. The molecule has 0 saturated heterocycles. The summed E-state index contributed by atoms with van der Waals surface area (Å²) in [5, 5.41) is 2.73. The van der Waals surface area contributed by atoms with E-state index >= 15 is 0 Å². The normalized spacial score (nSPS) is 11.3. The van der Waals surface area contributed by atoms with E-state index in [1.807, 2.05) is 43.3 Å². The van der Waals surface area contributed by atoms with Crippen LogP contribution in [0, 0.1) is 5.82 Å². The number of carbonyl (C=O) groups excluding carboxylic acids is 1. The molecule has 1 N–H and O–H groups in total. The molecule has 0 aliphatic carbocycles. The predicted octanol–water partition coefficient (Wildman–Crippen LogP) is 4.03. The van der Waals surface area contributed by atoms with E-state index < -0.39 is 0 Å². The molecular formula is C18H18FNO. The molecule has 0 aliphatic rings. The van der Waals surface area contributed by atoms with Crippen molar-refractivity contribution >= 4 is 11.5 Å². The lowest BCUT2D eigenvalue weighted by atomic mass is 10.0. The smallest absolute Gasteiger partial charge is 0.217 e. The summed E-state index contributed by atoms with van der Waals surface area (Å²) in [5.74, 6) is -0.267. The van der Waals surface area contributed by atoms with Crippen LogP contribution in [-0.2, 0) is 4.79 Å². The Morgan fingerprint density at radius 2 is 1.76 bits per heavy atom. The van der Waals surface area contributed by atoms with Gasteiger partial charge < -0.3 is 5.32 Å². The van der Waals surface area contributed by atoms with Crippen LogP contribution >= 0.6 is 0 Å². The third-order valence-corrected chi connectivity index (χ3v) is 3.28. The number of amides is 1. The second-order valence-corrected chi connectivity index (χ2v) is 4.88. The van der Waals surface area contributed by atoms with Crippen LogP contribution < -0.4 is 5.32 Å². The van der Waals surface area contributed by atoms with Gasteiger partial charge in [0, 0.05) is 19.0 Å². The van der Waals surface area contributed by atoms with Gasteiger partial charge >= 0.3 is 0 Å². The summed E-state index contributed by atoms with van der Waals surface area (Å²) >= 11 is 0. The number of halogens is 1. The standard InChI is InChI=1S/C18H18FNO/c1-13(11-12-20-14(2)21)15-7-9-16(10-8-15)17-5-3-4-6-18(17)19/h3-11H,12H2,1-2H3,(H,20,21)/b13-11-. The lowest BCUT2D eigenvalue weighted by Gasteiger charge is -2.06. The van der Waals surface area contributed by atoms with Gasteiger partial charge in [-0.15, -0.1) is 0 Å². The van der Waals surface area contributed by atoms with Crippen LogP contribution in [0.1, 0.15) is 19.4 Å². The molecule has 1 amide bonds. The summed E-state index contributed by atoms with van der Waals surface area (Å²) in [6.45, 7) is 3.99. The molecule has 2 aromatic carbocycles. The molecule has 2 rings (SSSR count). The van der Waals surface area contributed by atoms with Crippen LogP contribution in [0.15, 0.2) is 54.6 Å². The molecule has 0 spiro atoms. The van der Waals surface area contributed by atoms with Crippen molar-refractivity contribution < 1.29 is 9.18 Å². The van der Waals surface area contributed by atoms with Crippen LogP contribution in [0.3, 0.4) is 0 Å². The van der Waals surface area contributed by atoms with Gasteiger partial charge in [0.1, 0.15) is 5.82 Å². The number of allylic oxidation sites excluding steroid dienone is 1. The summed E-state index contributed by atoms with van der Waals surface area (Å²) in [6, 6.07) is 14.5. The van der Waals surface area contributed by atoms with E-state index in [9.17, 15) is 9.18 Å². The van der Waals surface area contributed by atoms with Crippen LogP contribution in [-0.4, -0.2) is 12.5 Å². The van der Waals surface area contributed by atoms with Crippen LogP contribution in [0.5, 0.6) is 0 Å². The minimum atomic E-state index is -0.219. The van der Waals surface area contributed by atoms with Crippen molar-refractivity contribution in [3.8, 4) is 11.1 Å². The minimum Gasteiger partial charge on any atom is -0.353 e. The van der Waals surface area contributed by atoms with E-state index in [2.05, 4.69) is 5.32 Å². The fourth-order valence-electron chi connectivity index (χ4n) is 2.07. The van der Waals surface area contributed by atoms with Gasteiger partial charge in [-0.05, 0) is 29.7 Å². The molecule has 0 heterocycles. The first-order valence-electron chi connectivity index (χ1n) is 6.84. The molecule has 21 heavy (non-hydrogen) atoms. The van der Waals surface area contributed by atoms with Gasteiger partial charge in [-0.3, -0.25) is 4.79 Å². The number of rotatable bonds is 4. The summed E-state index contributed by atoms with van der Waals surface area (Å²) in [4.78, 5) is 10.8. The molecule has 0 radical (unpaired) electrons. The van der Waals surface area contributed by atoms with Crippen molar-refractivity contribution in [3.63, 3.8) is 0 Å². The molecule has 0 bridgehead atoms. The fraction of sp³-hybridized carbons (Fsp3) is 0.167. The van der Waals surface area contributed by atoms with Crippen molar-refractivity contribution in [1.29, 1.82) is 0 Å². The topological polar surface area (TPSA) is 29.1 Å². The number of hydrogen-bond acceptors (Lipinski definition) is 1. The van der Waals surface area contributed by atoms with Gasteiger partial charge in [-0.1, -0.05) is 48.5 Å². The summed E-state index contributed by atoms with van der Waals surface area (Å²) in [5.41, 5.74) is 3.58. The zero-order valence-corrected chi connectivity index (χ0v) is 12.2. The van der Waals surface area contributed by atoms with Crippen LogP contribution in [0.4, 0.5) is 4.39 Å². The molecule has 0 unspecified atom stereocenters. The Hall–Kier alpha value is -2.42. The highest BCUT2D eigenvalue weighted by molar-refractivity contribution is 5.74. The van der Waals surface area contributed by atoms with Gasteiger partial charge in [0.05, 0.1) is 0 Å². The van der Waals surface area contributed by atoms with E-state index in [1.165, 1.54) is 13.0 Å². The zero-order valence-electron chi connectivity index (χ0n) is 12.2. The lowest BCUT2D eigenvalue weighted by Crippen LogP contribution is -2.19. The van der Waals surface area contributed by atoms with E-state index in [4.69, 9.17) is 0 Å². The summed E-state index contributed by atoms with van der Waals surface area (Å²) < 4.78 is 13.7. The number of nitrogens with one attached hydrogen (secondary N) is 1. The Morgan fingerprint density at radius 3 is 2.38 bits per heavy atom. The van der Waals surface area contributed by atoms with Gasteiger partial charge in [-0.25, -0.2) is 4.39 Å². The Morgan fingerprint density at radius 1 is 1.10 bits per heavy atom. The molecule has 108 valence electrons. The first-order valence-corrected chi connectivity index (χ1v) is 6.84. The second-order valence-electron chi connectivity index (χ2n) is 4.88. The van der Waals surface area contributed by atoms with Gasteiger partial charge in [0.25, 0.3) is 0 Å². The average Bonchev–Trinajstić information content (AvgIpc) is 2.47. The molecule has 0 atom stereocenters. The maximum atomic E-state index is 13.7. The monoisotopic (exact) mass is 283 g/mol. The van der Waals surface area contributed by atoms with Crippen molar-refractivity contribution in [2.75, 3.05) is 6.54 Å². The average molecular weight is 283 g/mol. The lowest BCUT2D eigenvalue weighted by molar-refractivity contribution is -0.118. The highest BCUT2D eigenvalue weighted by Crippen LogP contribution is 2.24. The van der Waals surface area contributed by atoms with E-state index in [-0.39, 0.29) is 11.7 Å². The molecular weight excluding hydrogens is 265 g/mol. The Bertz CT molecular complexity index is 659. The van der Waals surface area contributed by atoms with Gasteiger partial charge in [0.15, 0.2) is 0 Å². The molecule has 0 fully saturated rings. The third-order valence-electron chi connectivity index (χ3n) is 3.28. The molecule has 0 aliphatic heterocycles. The third kappa shape index (κ3) is 4.02. The van der Waals surface area contributed by atoms with E-state index in [1.54, 1.807) is 12.1 Å². The Labute approximate surface area is 124 Å². The van der Waals surface area contributed by atoms with Crippen molar-refractivity contribution in [3.05, 3.63) is 66.0 Å². The van der Waals surface area contributed by atoms with Crippen LogP contribution in [0.25, 0.3) is 16.7 Å². The Balaban J connectivity index is 2.16. The number of carbonyl (C=O) groups is 1. The first kappa shape index (κ1) is 15.0. The van der Waals surface area contributed by atoms with E-state index in [0.29, 0.717) is 12.1 Å². The summed E-state index contributed by atoms with van der Waals surface area (Å²) in [6.07, 6.45) is 1.96. The van der Waals surface area contributed by atoms with Crippen molar-refractivity contribution in [2.45, 2.75) is 13.8 Å². The zero-order chi connectivity index (χ0) is 15.2. The number of hydrogen-bond donors (Lipinski definition) is 1. The van der Waals surface area contributed by atoms with Crippen LogP contribution in [0.2, 0.25) is 0 Å². The molecule has 2 nitrogen and oxygen atoms in total.